The topological polar surface area (TPSA) is 0 Å². The fourth-order valence-corrected chi connectivity index (χ4v) is 1.90. The van der Waals surface area contributed by atoms with Crippen molar-refractivity contribution in [2.75, 3.05) is 0 Å². The Bertz CT molecular complexity index is 545. The maximum absolute atomic E-state index is 13.8. The van der Waals surface area contributed by atoms with Crippen molar-refractivity contribution in [3.05, 3.63) is 35.1 Å². The molecule has 0 bridgehead atoms. The van der Waals surface area contributed by atoms with Gasteiger partial charge in [-0.1, -0.05) is 50.7 Å². The van der Waals surface area contributed by atoms with Gasteiger partial charge in [-0.2, -0.15) is 0 Å². The van der Waals surface area contributed by atoms with Crippen LogP contribution < -0.4 is 0 Å². The molecule has 0 radical (unpaired) electrons. The Kier molecular flexibility index (Phi) is 5.86. The molecule has 19 heavy (non-hydrogen) atoms. The molecule has 0 unspecified atom stereocenters. The van der Waals surface area contributed by atoms with Crippen LogP contribution in [0.15, 0.2) is 18.2 Å². The average Bonchev–Trinajstić information content (AvgIpc) is 2.33. The Hall–Kier alpha value is -1.51. The fraction of sp³-hybridized carbons (Fsp3) is 0.412. The van der Waals surface area contributed by atoms with E-state index in [4.69, 9.17) is 0 Å². The predicted molar refractivity (Wildman–Crippen MR) is 83.0 cm³/mol. The molecule has 0 N–H and O–H groups in total. The lowest BCUT2D eigenvalue weighted by Gasteiger charge is -2.03. The zero-order chi connectivity index (χ0) is 14.3. The lowest BCUT2D eigenvalue weighted by molar-refractivity contribution is 0.624. The van der Waals surface area contributed by atoms with Crippen molar-refractivity contribution >= 4 is 8.07 Å². The van der Waals surface area contributed by atoms with Crippen LogP contribution >= 0.6 is 0 Å². The number of benzene rings is 1. The lowest BCUT2D eigenvalue weighted by Crippen LogP contribution is -2.16. The molecule has 0 aliphatic rings. The molecule has 0 nitrogen and oxygen atoms in total. The summed E-state index contributed by atoms with van der Waals surface area (Å²) in [6.45, 7) is 8.63. The summed E-state index contributed by atoms with van der Waals surface area (Å²) in [6.07, 6.45) is 3.00. The van der Waals surface area contributed by atoms with E-state index in [1.165, 1.54) is 6.07 Å². The molecule has 0 heterocycles. The number of unbranched alkanes of at least 4 members (excludes halogenated alkanes) is 2. The summed E-state index contributed by atoms with van der Waals surface area (Å²) in [5.41, 5.74) is 4.43. The first kappa shape index (κ1) is 15.5. The van der Waals surface area contributed by atoms with Gasteiger partial charge >= 0.3 is 0 Å². The Morgan fingerprint density at radius 1 is 1.16 bits per heavy atom. The van der Waals surface area contributed by atoms with Gasteiger partial charge in [-0.25, -0.2) is 4.39 Å². The summed E-state index contributed by atoms with van der Waals surface area (Å²) in [4.78, 5) is 0. The van der Waals surface area contributed by atoms with E-state index in [9.17, 15) is 4.39 Å². The van der Waals surface area contributed by atoms with Gasteiger partial charge in [0, 0.05) is 12.0 Å². The fourth-order valence-electron chi connectivity index (χ4n) is 1.38. The van der Waals surface area contributed by atoms with Crippen molar-refractivity contribution in [2.45, 2.75) is 45.8 Å². The van der Waals surface area contributed by atoms with Gasteiger partial charge in [0.2, 0.25) is 0 Å². The van der Waals surface area contributed by atoms with Crippen molar-refractivity contribution in [2.24, 2.45) is 0 Å². The van der Waals surface area contributed by atoms with E-state index in [2.05, 4.69) is 49.9 Å². The molecule has 0 spiro atoms. The van der Waals surface area contributed by atoms with E-state index in [1.807, 2.05) is 6.07 Å². The Balaban J connectivity index is 2.84. The summed E-state index contributed by atoms with van der Waals surface area (Å²) in [5.74, 6) is 8.66. The van der Waals surface area contributed by atoms with Gasteiger partial charge in [-0.3, -0.25) is 0 Å². The first-order valence-electron chi connectivity index (χ1n) is 6.74. The highest BCUT2D eigenvalue weighted by atomic mass is 28.3. The normalized spacial score (nSPS) is 10.2. The van der Waals surface area contributed by atoms with Gasteiger partial charge in [0.25, 0.3) is 0 Å². The van der Waals surface area contributed by atoms with Crippen molar-refractivity contribution in [3.8, 4) is 23.3 Å². The van der Waals surface area contributed by atoms with E-state index in [0.29, 0.717) is 5.56 Å². The van der Waals surface area contributed by atoms with Crippen LogP contribution in [-0.4, -0.2) is 8.07 Å². The van der Waals surface area contributed by atoms with E-state index >= 15 is 0 Å². The van der Waals surface area contributed by atoms with Crippen LogP contribution in [0.25, 0.3) is 0 Å². The van der Waals surface area contributed by atoms with Crippen LogP contribution in [0.4, 0.5) is 4.39 Å². The predicted octanol–water partition coefficient (Wildman–Crippen LogP) is 4.60. The van der Waals surface area contributed by atoms with E-state index in [0.717, 1.165) is 24.8 Å². The maximum Gasteiger partial charge on any atom is 0.140 e. The molecule has 1 aromatic carbocycles. The van der Waals surface area contributed by atoms with Gasteiger partial charge in [0.1, 0.15) is 13.9 Å². The summed E-state index contributed by atoms with van der Waals surface area (Å²) < 4.78 is 13.8. The standard InChI is InChI=1S/C17H21FSi/c1-5-6-7-8-9-16-11-10-15(14-17(16)18)12-13-19(2,3)4/h10-11,14H,5-7H2,1-4H3. The third-order valence-corrected chi connectivity index (χ3v) is 3.30. The molecule has 0 fully saturated rings. The SMILES string of the molecule is CCCCC#Cc1ccc(C#C[Si](C)(C)C)cc1F. The second-order valence-corrected chi connectivity index (χ2v) is 10.3. The highest BCUT2D eigenvalue weighted by Gasteiger charge is 2.07. The van der Waals surface area contributed by atoms with Crippen molar-refractivity contribution in [1.82, 2.24) is 0 Å². The average molecular weight is 272 g/mol. The Morgan fingerprint density at radius 3 is 2.47 bits per heavy atom. The second-order valence-electron chi connectivity index (χ2n) is 5.60. The van der Waals surface area contributed by atoms with Crippen molar-refractivity contribution < 1.29 is 4.39 Å². The largest absolute Gasteiger partial charge is 0.206 e. The third-order valence-electron chi connectivity index (χ3n) is 2.43. The molecule has 0 aliphatic carbocycles. The van der Waals surface area contributed by atoms with E-state index in [1.54, 1.807) is 6.07 Å². The number of hydrogen-bond donors (Lipinski definition) is 0. The summed E-state index contributed by atoms with van der Waals surface area (Å²) in [6, 6.07) is 5.06. The minimum absolute atomic E-state index is 0.272. The maximum atomic E-state index is 13.8. The minimum atomic E-state index is -1.41. The Labute approximate surface area is 117 Å². The first-order chi connectivity index (χ1) is 8.92. The highest BCUT2D eigenvalue weighted by Crippen LogP contribution is 2.09. The van der Waals surface area contributed by atoms with Gasteiger partial charge in [0.15, 0.2) is 0 Å². The summed E-state index contributed by atoms with van der Waals surface area (Å²) in [7, 11) is -1.41. The smallest absolute Gasteiger partial charge is 0.140 e. The molecular formula is C17H21FSi. The number of hydrogen-bond acceptors (Lipinski definition) is 0. The van der Waals surface area contributed by atoms with Gasteiger partial charge in [0.05, 0.1) is 5.56 Å². The van der Waals surface area contributed by atoms with Crippen molar-refractivity contribution in [3.63, 3.8) is 0 Å². The molecule has 0 aliphatic heterocycles. The molecule has 1 aromatic rings. The first-order valence-corrected chi connectivity index (χ1v) is 10.2. The van der Waals surface area contributed by atoms with Crippen LogP contribution in [0, 0.1) is 29.1 Å². The van der Waals surface area contributed by atoms with Gasteiger partial charge < -0.3 is 0 Å². The van der Waals surface area contributed by atoms with Gasteiger partial charge in [-0.05, 0) is 24.6 Å². The van der Waals surface area contributed by atoms with Crippen LogP contribution in [-0.2, 0) is 0 Å². The Morgan fingerprint density at radius 2 is 1.89 bits per heavy atom. The highest BCUT2D eigenvalue weighted by molar-refractivity contribution is 6.83. The van der Waals surface area contributed by atoms with Gasteiger partial charge in [-0.15, -0.1) is 5.54 Å². The molecule has 100 valence electrons. The molecule has 0 amide bonds. The van der Waals surface area contributed by atoms with E-state index < -0.39 is 8.07 Å². The number of halogens is 1. The van der Waals surface area contributed by atoms with Crippen LogP contribution in [0.5, 0.6) is 0 Å². The van der Waals surface area contributed by atoms with Crippen LogP contribution in [0.3, 0.4) is 0 Å². The molecule has 0 aromatic heterocycles. The number of rotatable bonds is 2. The zero-order valence-corrected chi connectivity index (χ0v) is 13.2. The third kappa shape index (κ3) is 6.27. The van der Waals surface area contributed by atoms with Crippen LogP contribution in [0.2, 0.25) is 19.6 Å². The minimum Gasteiger partial charge on any atom is -0.206 e. The lowest BCUT2D eigenvalue weighted by atomic mass is 10.1. The molecular weight excluding hydrogens is 251 g/mol. The zero-order valence-electron chi connectivity index (χ0n) is 12.2. The van der Waals surface area contributed by atoms with Crippen LogP contribution in [0.1, 0.15) is 37.3 Å². The second kappa shape index (κ2) is 7.17. The summed E-state index contributed by atoms with van der Waals surface area (Å²) in [5, 5.41) is 0. The molecule has 1 rings (SSSR count). The van der Waals surface area contributed by atoms with Crippen molar-refractivity contribution in [1.29, 1.82) is 0 Å². The quantitative estimate of drug-likeness (QED) is 0.419. The summed E-state index contributed by atoms with van der Waals surface area (Å²) >= 11 is 0. The molecule has 0 saturated carbocycles. The molecule has 2 heteroatoms. The molecule has 0 saturated heterocycles. The van der Waals surface area contributed by atoms with E-state index in [-0.39, 0.29) is 5.82 Å². The molecule has 0 atom stereocenters. The monoisotopic (exact) mass is 272 g/mol.